The van der Waals surface area contributed by atoms with Gasteiger partial charge in [0.1, 0.15) is 0 Å². The molecule has 0 bridgehead atoms. The Labute approximate surface area is 188 Å². The minimum Gasteiger partial charge on any atom is -0.493 e. The van der Waals surface area contributed by atoms with Crippen LogP contribution in [0.3, 0.4) is 0 Å². The van der Waals surface area contributed by atoms with Crippen molar-refractivity contribution in [3.63, 3.8) is 0 Å². The zero-order valence-corrected chi connectivity index (χ0v) is 19.4. The van der Waals surface area contributed by atoms with Gasteiger partial charge < -0.3 is 18.9 Å². The molecule has 0 saturated carbocycles. The third-order valence-electron chi connectivity index (χ3n) is 6.19. The molecule has 1 aliphatic heterocycles. The van der Waals surface area contributed by atoms with Gasteiger partial charge in [-0.2, -0.15) is 4.57 Å². The van der Waals surface area contributed by atoms with Crippen LogP contribution in [0.5, 0.6) is 23.0 Å². The summed E-state index contributed by atoms with van der Waals surface area (Å²) in [4.78, 5) is 13.6. The van der Waals surface area contributed by atoms with Gasteiger partial charge in [0.05, 0.1) is 45.0 Å². The Balaban J connectivity index is 2.08. The lowest BCUT2D eigenvalue weighted by molar-refractivity contribution is -0.686. The third-order valence-corrected chi connectivity index (χ3v) is 6.19. The molecular formula is C26H30NO5+. The summed E-state index contributed by atoms with van der Waals surface area (Å²) in [6.07, 6.45) is 5.21. The first-order valence-electron chi connectivity index (χ1n) is 11.0. The van der Waals surface area contributed by atoms with Crippen molar-refractivity contribution in [3.8, 4) is 34.3 Å². The molecule has 3 aromatic rings. The number of Topliss-reactive ketones (excluding diaryl/α,β-unsaturated/α-hetero) is 1. The quantitative estimate of drug-likeness (QED) is 0.377. The number of ketones is 1. The van der Waals surface area contributed by atoms with Crippen molar-refractivity contribution in [1.82, 2.24) is 0 Å². The first kappa shape index (κ1) is 21.9. The zero-order valence-electron chi connectivity index (χ0n) is 19.4. The predicted molar refractivity (Wildman–Crippen MR) is 123 cm³/mol. The first-order chi connectivity index (χ1) is 15.6. The van der Waals surface area contributed by atoms with Gasteiger partial charge in [-0.3, -0.25) is 4.79 Å². The van der Waals surface area contributed by atoms with E-state index in [-0.39, 0.29) is 5.78 Å². The number of carbonyl (C=O) groups is 1. The van der Waals surface area contributed by atoms with Crippen molar-refractivity contribution >= 4 is 16.6 Å². The van der Waals surface area contributed by atoms with Gasteiger partial charge in [-0.25, -0.2) is 0 Å². The van der Waals surface area contributed by atoms with Crippen molar-refractivity contribution in [3.05, 3.63) is 41.6 Å². The van der Waals surface area contributed by atoms with E-state index in [0.29, 0.717) is 29.4 Å². The second kappa shape index (κ2) is 9.07. The molecule has 0 saturated heterocycles. The second-order valence-corrected chi connectivity index (χ2v) is 7.95. The number of nitrogens with zero attached hydrogens (tertiary/aromatic N) is 1. The molecule has 2 aromatic carbocycles. The maximum Gasteiger partial charge on any atom is 0.224 e. The van der Waals surface area contributed by atoms with Gasteiger partial charge in [-0.15, -0.1) is 0 Å². The number of ether oxygens (including phenoxy) is 4. The molecule has 0 amide bonds. The first-order valence-corrected chi connectivity index (χ1v) is 11.0. The van der Waals surface area contributed by atoms with Gasteiger partial charge in [0.15, 0.2) is 41.5 Å². The second-order valence-electron chi connectivity index (χ2n) is 7.95. The smallest absolute Gasteiger partial charge is 0.224 e. The summed E-state index contributed by atoms with van der Waals surface area (Å²) < 4.78 is 24.5. The molecule has 0 aliphatic carbocycles. The van der Waals surface area contributed by atoms with Crippen molar-refractivity contribution in [2.24, 2.45) is 0 Å². The van der Waals surface area contributed by atoms with E-state index in [9.17, 15) is 4.79 Å². The monoisotopic (exact) mass is 436 g/mol. The van der Waals surface area contributed by atoms with Crippen LogP contribution < -0.4 is 23.5 Å². The van der Waals surface area contributed by atoms with Crippen LogP contribution in [0.25, 0.3) is 22.0 Å². The molecule has 32 heavy (non-hydrogen) atoms. The Hall–Kier alpha value is -3.28. The molecule has 6 nitrogen and oxygen atoms in total. The Kier molecular flexibility index (Phi) is 6.21. The largest absolute Gasteiger partial charge is 0.493 e. The van der Waals surface area contributed by atoms with Crippen molar-refractivity contribution in [2.45, 2.75) is 39.2 Å². The molecule has 0 N–H and O–H groups in total. The summed E-state index contributed by atoms with van der Waals surface area (Å²) in [7, 11) is 6.53. The van der Waals surface area contributed by atoms with E-state index in [1.165, 1.54) is 0 Å². The minimum absolute atomic E-state index is 0.135. The van der Waals surface area contributed by atoms with Gasteiger partial charge in [-0.1, -0.05) is 13.3 Å². The number of hydrogen-bond acceptors (Lipinski definition) is 5. The normalized spacial score (nSPS) is 12.2. The molecule has 0 spiro atoms. The Morgan fingerprint density at radius 2 is 1.66 bits per heavy atom. The summed E-state index contributed by atoms with van der Waals surface area (Å²) in [5.41, 5.74) is 3.80. The molecule has 1 aliphatic rings. The minimum atomic E-state index is 0.135. The number of rotatable bonds is 8. The van der Waals surface area contributed by atoms with Crippen molar-refractivity contribution in [1.29, 1.82) is 0 Å². The van der Waals surface area contributed by atoms with E-state index >= 15 is 0 Å². The maximum absolute atomic E-state index is 13.6. The Morgan fingerprint density at radius 3 is 2.31 bits per heavy atom. The number of hydrogen-bond donors (Lipinski definition) is 0. The van der Waals surface area contributed by atoms with E-state index in [0.717, 1.165) is 59.0 Å². The van der Waals surface area contributed by atoms with Gasteiger partial charge in [0.25, 0.3) is 0 Å². The van der Waals surface area contributed by atoms with Crippen LogP contribution in [-0.2, 0) is 13.0 Å². The molecule has 0 fully saturated rings. The summed E-state index contributed by atoms with van der Waals surface area (Å²) >= 11 is 0. The maximum atomic E-state index is 13.6. The van der Waals surface area contributed by atoms with Gasteiger partial charge in [0.2, 0.25) is 5.69 Å². The topological polar surface area (TPSA) is 57.9 Å². The third kappa shape index (κ3) is 3.53. The highest BCUT2D eigenvalue weighted by Gasteiger charge is 2.33. The fraction of sp³-hybridized carbons (Fsp3) is 0.385. The Morgan fingerprint density at radius 1 is 0.938 bits per heavy atom. The molecule has 168 valence electrons. The standard InChI is InChI=1S/C26H30NO5/c1-6-7-8-20(28)24-17-9-10-21(29-2)26(32-5)19(17)15-27-12-11-16-13-22(30-3)23(31-4)14-18(16)25(24)27/h9-10,13-15H,6-8,11-12H2,1-5H3/q+1. The molecule has 6 heteroatoms. The molecule has 0 unspecified atom stereocenters. The van der Waals surface area contributed by atoms with Crippen LogP contribution in [-0.4, -0.2) is 34.2 Å². The molecule has 2 heterocycles. The molecule has 0 atom stereocenters. The number of aryl methyl sites for hydroxylation is 2. The van der Waals surface area contributed by atoms with Crippen LogP contribution in [0.15, 0.2) is 30.5 Å². The lowest BCUT2D eigenvalue weighted by atomic mass is 9.88. The van der Waals surface area contributed by atoms with Crippen LogP contribution in [0, 0.1) is 0 Å². The Bertz CT molecular complexity index is 1190. The fourth-order valence-corrected chi connectivity index (χ4v) is 4.59. The van der Waals surface area contributed by atoms with E-state index in [1.54, 1.807) is 28.4 Å². The van der Waals surface area contributed by atoms with E-state index < -0.39 is 0 Å². The average molecular weight is 437 g/mol. The summed E-state index contributed by atoms with van der Waals surface area (Å²) in [6, 6.07) is 7.85. The van der Waals surface area contributed by atoms with Crippen LogP contribution >= 0.6 is 0 Å². The number of fused-ring (bicyclic) bond motifs is 4. The fourth-order valence-electron chi connectivity index (χ4n) is 4.59. The molecule has 1 aromatic heterocycles. The van der Waals surface area contributed by atoms with Crippen molar-refractivity contribution in [2.75, 3.05) is 28.4 Å². The van der Waals surface area contributed by atoms with E-state index in [4.69, 9.17) is 18.9 Å². The number of benzene rings is 2. The zero-order chi connectivity index (χ0) is 22.8. The van der Waals surface area contributed by atoms with E-state index in [2.05, 4.69) is 17.7 Å². The van der Waals surface area contributed by atoms with Crippen LogP contribution in [0.4, 0.5) is 0 Å². The summed E-state index contributed by atoms with van der Waals surface area (Å²) in [5.74, 6) is 2.78. The number of carbonyl (C=O) groups excluding carboxylic acids is 1. The lowest BCUT2D eigenvalue weighted by Gasteiger charge is -2.21. The highest BCUT2D eigenvalue weighted by Crippen LogP contribution is 2.42. The van der Waals surface area contributed by atoms with Gasteiger partial charge in [-0.05, 0) is 36.2 Å². The number of unbranched alkanes of at least 4 members (excludes halogenated alkanes) is 1. The van der Waals surface area contributed by atoms with Crippen LogP contribution in [0.1, 0.15) is 42.1 Å². The lowest BCUT2D eigenvalue weighted by Crippen LogP contribution is -2.41. The van der Waals surface area contributed by atoms with Crippen molar-refractivity contribution < 1.29 is 28.3 Å². The predicted octanol–water partition coefficient (Wildman–Crippen LogP) is 4.76. The highest BCUT2D eigenvalue weighted by molar-refractivity contribution is 6.13. The molecule has 4 rings (SSSR count). The molecular weight excluding hydrogens is 406 g/mol. The number of pyridine rings is 1. The number of aromatic nitrogens is 1. The highest BCUT2D eigenvalue weighted by atomic mass is 16.5. The summed E-state index contributed by atoms with van der Waals surface area (Å²) in [5, 5.41) is 1.75. The van der Waals surface area contributed by atoms with Gasteiger partial charge >= 0.3 is 0 Å². The number of methoxy groups -OCH3 is 4. The van der Waals surface area contributed by atoms with E-state index in [1.807, 2.05) is 24.3 Å². The average Bonchev–Trinajstić information content (AvgIpc) is 2.83. The van der Waals surface area contributed by atoms with Gasteiger partial charge in [0, 0.05) is 18.2 Å². The molecule has 0 radical (unpaired) electrons. The van der Waals surface area contributed by atoms with Crippen LogP contribution in [0.2, 0.25) is 0 Å². The summed E-state index contributed by atoms with van der Waals surface area (Å²) in [6.45, 7) is 2.85. The SMILES string of the molecule is CCCCC(=O)c1c2[n+](cc3c(OC)c(OC)ccc13)CCc1cc(OC)c(OC)cc1-2.